The predicted molar refractivity (Wildman–Crippen MR) is 48.7 cm³/mol. The van der Waals surface area contributed by atoms with Gasteiger partial charge in [-0.15, -0.1) is 0 Å². The summed E-state index contributed by atoms with van der Waals surface area (Å²) in [6, 6.07) is -0.247. The predicted octanol–water partition coefficient (Wildman–Crippen LogP) is -1.12. The monoisotopic (exact) mass is 222 g/mol. The number of hydrogen-bond acceptors (Lipinski definition) is 5. The van der Waals surface area contributed by atoms with Gasteiger partial charge in [-0.25, -0.2) is 4.57 Å². The SMILES string of the molecule is B[C@@H]1O[C@H](COC)C2OP(=O)(O)O[C@@H]21. The lowest BCUT2D eigenvalue weighted by Gasteiger charge is -2.15. The van der Waals surface area contributed by atoms with E-state index >= 15 is 0 Å². The standard InChI is InChI=1S/C6H12BO6P/c1-10-2-3-4-5(6(7)11-3)13-14(8,9)12-4/h3-6H,2,7H2,1H3,(H,8,9)/t3-,4?,5+,6-/m1/s1. The average molecular weight is 222 g/mol. The number of fused-ring (bicyclic) bond motifs is 1. The van der Waals surface area contributed by atoms with Crippen molar-refractivity contribution >= 4 is 15.7 Å². The van der Waals surface area contributed by atoms with Gasteiger partial charge in [0.25, 0.3) is 0 Å². The highest BCUT2D eigenvalue weighted by atomic mass is 31.2. The molecule has 14 heavy (non-hydrogen) atoms. The first-order valence-corrected chi connectivity index (χ1v) is 5.87. The zero-order valence-corrected chi connectivity index (χ0v) is 8.85. The quantitative estimate of drug-likeness (QED) is 0.471. The second kappa shape index (κ2) is 3.59. The van der Waals surface area contributed by atoms with E-state index in [2.05, 4.69) is 0 Å². The van der Waals surface area contributed by atoms with Gasteiger partial charge in [0.1, 0.15) is 26.2 Å². The van der Waals surface area contributed by atoms with Crippen molar-refractivity contribution in [2.24, 2.45) is 0 Å². The number of phosphoric acid groups is 1. The summed E-state index contributed by atoms with van der Waals surface area (Å²) in [4.78, 5) is 9.12. The van der Waals surface area contributed by atoms with Gasteiger partial charge in [0.15, 0.2) is 0 Å². The molecule has 0 aromatic rings. The van der Waals surface area contributed by atoms with E-state index in [-0.39, 0.29) is 12.1 Å². The maximum atomic E-state index is 11.1. The molecule has 0 bridgehead atoms. The Hall–Kier alpha value is 0.0949. The third kappa shape index (κ3) is 1.76. The molecule has 0 aliphatic carbocycles. The lowest BCUT2D eigenvalue weighted by atomic mass is 9.93. The Labute approximate surface area is 82.5 Å². The molecule has 6 nitrogen and oxygen atoms in total. The van der Waals surface area contributed by atoms with Crippen LogP contribution in [-0.4, -0.2) is 50.8 Å². The molecule has 2 unspecified atom stereocenters. The third-order valence-corrected chi connectivity index (χ3v) is 3.40. The van der Waals surface area contributed by atoms with E-state index in [4.69, 9.17) is 23.4 Å². The van der Waals surface area contributed by atoms with Crippen LogP contribution < -0.4 is 0 Å². The first kappa shape index (κ1) is 10.6. The molecular formula is C6H12BO6P. The van der Waals surface area contributed by atoms with Crippen molar-refractivity contribution in [1.82, 2.24) is 0 Å². The summed E-state index contributed by atoms with van der Waals surface area (Å²) in [6.07, 6.45) is -1.30. The Morgan fingerprint density at radius 2 is 2.14 bits per heavy atom. The highest BCUT2D eigenvalue weighted by molar-refractivity contribution is 7.47. The van der Waals surface area contributed by atoms with E-state index in [1.807, 2.05) is 0 Å². The highest BCUT2D eigenvalue weighted by Crippen LogP contribution is 2.56. The van der Waals surface area contributed by atoms with Gasteiger partial charge < -0.3 is 14.4 Å². The molecule has 0 saturated carbocycles. The molecule has 5 atom stereocenters. The number of hydrogen-bond donors (Lipinski definition) is 1. The van der Waals surface area contributed by atoms with Gasteiger partial charge in [-0.1, -0.05) is 0 Å². The Balaban J connectivity index is 2.10. The minimum Gasteiger partial charge on any atom is -0.382 e. The molecule has 2 heterocycles. The van der Waals surface area contributed by atoms with E-state index < -0.39 is 20.0 Å². The molecule has 2 aliphatic rings. The Bertz CT molecular complexity index is 273. The molecule has 0 radical (unpaired) electrons. The summed E-state index contributed by atoms with van der Waals surface area (Å²) in [6.45, 7) is 0.328. The molecule has 0 spiro atoms. The smallest absolute Gasteiger partial charge is 0.382 e. The summed E-state index contributed by atoms with van der Waals surface area (Å²) >= 11 is 0. The number of ether oxygens (including phenoxy) is 2. The molecule has 2 aliphatic heterocycles. The van der Waals surface area contributed by atoms with Crippen molar-refractivity contribution in [2.75, 3.05) is 13.7 Å². The van der Waals surface area contributed by atoms with Crippen LogP contribution in [0.25, 0.3) is 0 Å². The van der Waals surface area contributed by atoms with Crippen LogP contribution in [-0.2, 0) is 23.1 Å². The molecule has 0 aromatic heterocycles. The first-order valence-electron chi connectivity index (χ1n) is 4.37. The zero-order valence-electron chi connectivity index (χ0n) is 7.95. The van der Waals surface area contributed by atoms with Crippen LogP contribution in [0.2, 0.25) is 0 Å². The topological polar surface area (TPSA) is 74.2 Å². The molecule has 0 amide bonds. The van der Waals surface area contributed by atoms with Crippen molar-refractivity contribution in [3.05, 3.63) is 0 Å². The molecule has 2 rings (SSSR count). The van der Waals surface area contributed by atoms with Crippen LogP contribution in [0.15, 0.2) is 0 Å². The van der Waals surface area contributed by atoms with E-state index in [1.54, 1.807) is 7.85 Å². The van der Waals surface area contributed by atoms with Crippen LogP contribution in [0.1, 0.15) is 0 Å². The van der Waals surface area contributed by atoms with E-state index in [9.17, 15) is 4.57 Å². The second-order valence-electron chi connectivity index (χ2n) is 3.44. The van der Waals surface area contributed by atoms with Gasteiger partial charge in [0.05, 0.1) is 12.6 Å². The molecule has 0 aromatic carbocycles. The number of methoxy groups -OCH3 is 1. The normalized spacial score (nSPS) is 52.1. The van der Waals surface area contributed by atoms with Crippen molar-refractivity contribution in [3.63, 3.8) is 0 Å². The van der Waals surface area contributed by atoms with Gasteiger partial charge in [0.2, 0.25) is 0 Å². The molecule has 2 saturated heterocycles. The van der Waals surface area contributed by atoms with Crippen LogP contribution in [0.5, 0.6) is 0 Å². The minimum absolute atomic E-state index is 0.247. The fraction of sp³-hybridized carbons (Fsp3) is 1.00. The van der Waals surface area contributed by atoms with Crippen LogP contribution in [0, 0.1) is 0 Å². The summed E-state index contributed by atoms with van der Waals surface area (Å²) in [5, 5.41) is 0. The third-order valence-electron chi connectivity index (χ3n) is 2.38. The second-order valence-corrected chi connectivity index (χ2v) is 4.80. The van der Waals surface area contributed by atoms with E-state index in [0.29, 0.717) is 6.61 Å². The lowest BCUT2D eigenvalue weighted by molar-refractivity contribution is -0.0157. The first-order chi connectivity index (χ1) is 6.53. The fourth-order valence-corrected chi connectivity index (χ4v) is 3.03. The number of rotatable bonds is 2. The van der Waals surface area contributed by atoms with E-state index in [0.717, 1.165) is 0 Å². The highest BCUT2D eigenvalue weighted by Gasteiger charge is 2.55. The molecule has 8 heteroatoms. The Morgan fingerprint density at radius 1 is 1.50 bits per heavy atom. The van der Waals surface area contributed by atoms with Gasteiger partial charge in [-0.05, 0) is 0 Å². The van der Waals surface area contributed by atoms with Crippen molar-refractivity contribution in [3.8, 4) is 0 Å². The van der Waals surface area contributed by atoms with Gasteiger partial charge in [-0.2, -0.15) is 0 Å². The number of phosphoric ester groups is 1. The maximum absolute atomic E-state index is 11.1. The minimum atomic E-state index is -3.85. The van der Waals surface area contributed by atoms with Crippen molar-refractivity contribution in [1.29, 1.82) is 0 Å². The largest absolute Gasteiger partial charge is 0.473 e. The Kier molecular flexibility index (Phi) is 2.72. The average Bonchev–Trinajstić information content (AvgIpc) is 2.51. The molecule has 2 fully saturated rings. The summed E-state index contributed by atoms with van der Waals surface area (Å²) in [7, 11) is -0.538. The molecule has 1 N–H and O–H groups in total. The zero-order chi connectivity index (χ0) is 10.3. The summed E-state index contributed by atoms with van der Waals surface area (Å²) in [5.74, 6) is 0. The van der Waals surface area contributed by atoms with Crippen LogP contribution in [0.3, 0.4) is 0 Å². The van der Waals surface area contributed by atoms with Gasteiger partial charge in [0, 0.05) is 7.11 Å². The van der Waals surface area contributed by atoms with Crippen LogP contribution >= 0.6 is 7.82 Å². The van der Waals surface area contributed by atoms with Crippen molar-refractivity contribution < 1.29 is 28.0 Å². The van der Waals surface area contributed by atoms with Crippen molar-refractivity contribution in [2.45, 2.75) is 24.3 Å². The molecular weight excluding hydrogens is 210 g/mol. The maximum Gasteiger partial charge on any atom is 0.473 e. The Morgan fingerprint density at radius 3 is 2.79 bits per heavy atom. The summed E-state index contributed by atoms with van der Waals surface area (Å²) in [5.41, 5.74) is 0. The van der Waals surface area contributed by atoms with Gasteiger partial charge >= 0.3 is 7.82 Å². The molecule has 80 valence electrons. The summed E-state index contributed by atoms with van der Waals surface area (Å²) < 4.78 is 31.3. The van der Waals surface area contributed by atoms with Gasteiger partial charge in [-0.3, -0.25) is 9.05 Å². The van der Waals surface area contributed by atoms with Crippen LogP contribution in [0.4, 0.5) is 0 Å². The fourth-order valence-electron chi connectivity index (χ4n) is 1.81. The van der Waals surface area contributed by atoms with E-state index in [1.165, 1.54) is 7.11 Å². The lowest BCUT2D eigenvalue weighted by Crippen LogP contribution is -2.31.